The minimum absolute atomic E-state index is 0.312. The van der Waals surface area contributed by atoms with E-state index in [1.807, 2.05) is 6.92 Å². The number of nitrogens with zero attached hydrogens (tertiary/aromatic N) is 2. The highest BCUT2D eigenvalue weighted by molar-refractivity contribution is 5.31. The summed E-state index contributed by atoms with van der Waals surface area (Å²) in [6.45, 7) is 3.37. The minimum atomic E-state index is 0.312. The van der Waals surface area contributed by atoms with Crippen LogP contribution in [0.4, 0.5) is 0 Å². The summed E-state index contributed by atoms with van der Waals surface area (Å²) in [5, 5.41) is 7.71. The normalized spacial score (nSPS) is 27.6. The summed E-state index contributed by atoms with van der Waals surface area (Å²) in [5.41, 5.74) is 2.71. The molecule has 1 aromatic carbocycles. The quantitative estimate of drug-likeness (QED) is 0.942. The molecule has 2 aromatic rings. The van der Waals surface area contributed by atoms with Crippen LogP contribution < -0.4 is 5.32 Å². The lowest BCUT2D eigenvalue weighted by molar-refractivity contribution is 0.0757. The number of ether oxygens (including phenoxy) is 1. The summed E-state index contributed by atoms with van der Waals surface area (Å²) >= 11 is 0. The van der Waals surface area contributed by atoms with Crippen molar-refractivity contribution >= 4 is 0 Å². The number of fused-ring (bicyclic) bond motifs is 1. The Bertz CT molecular complexity index is 662. The van der Waals surface area contributed by atoms with Crippen molar-refractivity contribution in [3.05, 3.63) is 47.1 Å². The number of hydrogen-bond acceptors (Lipinski definition) is 5. The molecule has 1 aliphatic carbocycles. The molecule has 1 aromatic heterocycles. The molecule has 1 atom stereocenters. The van der Waals surface area contributed by atoms with E-state index in [9.17, 15) is 0 Å². The van der Waals surface area contributed by atoms with Crippen molar-refractivity contribution in [3.8, 4) is 0 Å². The summed E-state index contributed by atoms with van der Waals surface area (Å²) in [6.07, 6.45) is 4.50. The molecule has 122 valence electrons. The molecule has 0 spiro atoms. The first-order chi connectivity index (χ1) is 11.3. The lowest BCUT2D eigenvalue weighted by atomic mass is 9.85. The fourth-order valence-electron chi connectivity index (χ4n) is 3.79. The van der Waals surface area contributed by atoms with E-state index in [2.05, 4.69) is 39.7 Å². The van der Waals surface area contributed by atoms with Gasteiger partial charge in [-0.2, -0.15) is 4.98 Å². The van der Waals surface area contributed by atoms with Gasteiger partial charge in [-0.25, -0.2) is 0 Å². The van der Waals surface area contributed by atoms with Gasteiger partial charge in [0.1, 0.15) is 0 Å². The molecule has 1 aliphatic heterocycles. The average molecular weight is 313 g/mol. The zero-order chi connectivity index (χ0) is 15.6. The highest BCUT2D eigenvalue weighted by Crippen LogP contribution is 2.33. The molecule has 5 nitrogen and oxygen atoms in total. The van der Waals surface area contributed by atoms with Crippen LogP contribution in [0.2, 0.25) is 0 Å². The number of nitrogens with one attached hydrogen (secondary N) is 1. The van der Waals surface area contributed by atoms with Crippen LogP contribution in [-0.2, 0) is 11.3 Å². The van der Waals surface area contributed by atoms with Gasteiger partial charge in [0, 0.05) is 12.0 Å². The predicted molar refractivity (Wildman–Crippen MR) is 86.0 cm³/mol. The molecule has 1 N–H and O–H groups in total. The second-order valence-corrected chi connectivity index (χ2v) is 6.66. The third-order valence-corrected chi connectivity index (χ3v) is 5.03. The number of rotatable bonds is 3. The molecule has 2 aliphatic rings. The summed E-state index contributed by atoms with van der Waals surface area (Å²) in [7, 11) is 0. The zero-order valence-electron chi connectivity index (χ0n) is 13.5. The largest absolute Gasteiger partial charge is 0.375 e. The Morgan fingerprint density at radius 3 is 2.74 bits per heavy atom. The molecule has 1 unspecified atom stereocenters. The average Bonchev–Trinajstić information content (AvgIpc) is 3.02. The monoisotopic (exact) mass is 313 g/mol. The highest BCUT2D eigenvalue weighted by Gasteiger charge is 2.29. The molecule has 1 saturated carbocycles. The SMILES string of the molecule is Cc1noc(C2CCC(NC3COCc4ccccc43)CC2)n1. The van der Waals surface area contributed by atoms with E-state index < -0.39 is 0 Å². The van der Waals surface area contributed by atoms with Gasteiger partial charge in [0.25, 0.3) is 0 Å². The van der Waals surface area contributed by atoms with Gasteiger partial charge < -0.3 is 14.6 Å². The predicted octanol–water partition coefficient (Wildman–Crippen LogP) is 3.27. The number of hydrogen-bond donors (Lipinski definition) is 1. The second-order valence-electron chi connectivity index (χ2n) is 6.66. The lowest BCUT2D eigenvalue weighted by Gasteiger charge is -2.33. The van der Waals surface area contributed by atoms with Gasteiger partial charge in [0.2, 0.25) is 5.89 Å². The summed E-state index contributed by atoms with van der Waals surface area (Å²) in [5.74, 6) is 1.97. The number of aryl methyl sites for hydroxylation is 1. The third kappa shape index (κ3) is 3.16. The number of benzene rings is 1. The van der Waals surface area contributed by atoms with E-state index >= 15 is 0 Å². The first-order valence-electron chi connectivity index (χ1n) is 8.51. The third-order valence-electron chi connectivity index (χ3n) is 5.03. The molecular formula is C18H23N3O2. The van der Waals surface area contributed by atoms with Gasteiger partial charge in [-0.3, -0.25) is 0 Å². The molecule has 0 radical (unpaired) electrons. The minimum Gasteiger partial charge on any atom is -0.375 e. The van der Waals surface area contributed by atoms with E-state index in [4.69, 9.17) is 9.26 Å². The van der Waals surface area contributed by atoms with E-state index in [-0.39, 0.29) is 0 Å². The van der Waals surface area contributed by atoms with Crippen LogP contribution in [0.3, 0.4) is 0 Å². The molecule has 5 heteroatoms. The van der Waals surface area contributed by atoms with Gasteiger partial charge >= 0.3 is 0 Å². The standard InChI is InChI=1S/C18H23N3O2/c1-12-19-18(23-21-12)13-6-8-15(9-7-13)20-17-11-22-10-14-4-2-3-5-16(14)17/h2-5,13,15,17,20H,6-11H2,1H3. The molecule has 23 heavy (non-hydrogen) atoms. The van der Waals surface area contributed by atoms with Crippen LogP contribution in [0.5, 0.6) is 0 Å². The van der Waals surface area contributed by atoms with Crippen LogP contribution in [0.25, 0.3) is 0 Å². The smallest absolute Gasteiger partial charge is 0.229 e. The Balaban J connectivity index is 1.37. The molecule has 1 fully saturated rings. The summed E-state index contributed by atoms with van der Waals surface area (Å²) in [6, 6.07) is 9.44. The first kappa shape index (κ1) is 14.8. The molecular weight excluding hydrogens is 290 g/mol. The van der Waals surface area contributed by atoms with E-state index in [0.717, 1.165) is 50.6 Å². The van der Waals surface area contributed by atoms with Crippen molar-refractivity contribution in [3.63, 3.8) is 0 Å². The van der Waals surface area contributed by atoms with E-state index in [1.165, 1.54) is 11.1 Å². The molecule has 0 amide bonds. The van der Waals surface area contributed by atoms with Gasteiger partial charge in [0.15, 0.2) is 5.82 Å². The van der Waals surface area contributed by atoms with Gasteiger partial charge in [-0.1, -0.05) is 29.4 Å². The highest BCUT2D eigenvalue weighted by atomic mass is 16.5. The Kier molecular flexibility index (Phi) is 4.14. The zero-order valence-corrected chi connectivity index (χ0v) is 13.5. The first-order valence-corrected chi connectivity index (χ1v) is 8.51. The Hall–Kier alpha value is -1.72. The molecule has 0 saturated heterocycles. The van der Waals surface area contributed by atoms with Crippen molar-refractivity contribution in [2.24, 2.45) is 0 Å². The maximum Gasteiger partial charge on any atom is 0.229 e. The van der Waals surface area contributed by atoms with Gasteiger partial charge in [0.05, 0.1) is 19.3 Å². The van der Waals surface area contributed by atoms with Crippen molar-refractivity contribution < 1.29 is 9.26 Å². The van der Waals surface area contributed by atoms with Gasteiger partial charge in [-0.15, -0.1) is 0 Å². The fraction of sp³-hybridized carbons (Fsp3) is 0.556. The van der Waals surface area contributed by atoms with E-state index in [1.54, 1.807) is 0 Å². The fourth-order valence-corrected chi connectivity index (χ4v) is 3.79. The Morgan fingerprint density at radius 2 is 1.96 bits per heavy atom. The van der Waals surface area contributed by atoms with Crippen molar-refractivity contribution in [2.75, 3.05) is 6.61 Å². The van der Waals surface area contributed by atoms with Crippen LogP contribution >= 0.6 is 0 Å². The van der Waals surface area contributed by atoms with Crippen LogP contribution in [0, 0.1) is 6.92 Å². The Labute approximate surface area is 136 Å². The topological polar surface area (TPSA) is 60.2 Å². The summed E-state index contributed by atoms with van der Waals surface area (Å²) < 4.78 is 11.1. The molecule has 4 rings (SSSR count). The molecule has 0 bridgehead atoms. The molecule has 2 heterocycles. The van der Waals surface area contributed by atoms with Gasteiger partial charge in [-0.05, 0) is 43.7 Å². The maximum atomic E-state index is 5.75. The Morgan fingerprint density at radius 1 is 1.13 bits per heavy atom. The number of aromatic nitrogens is 2. The maximum absolute atomic E-state index is 5.75. The lowest BCUT2D eigenvalue weighted by Crippen LogP contribution is -2.39. The van der Waals surface area contributed by atoms with Crippen molar-refractivity contribution in [2.45, 2.75) is 57.2 Å². The van der Waals surface area contributed by atoms with Crippen molar-refractivity contribution in [1.82, 2.24) is 15.5 Å². The van der Waals surface area contributed by atoms with Crippen molar-refractivity contribution in [1.29, 1.82) is 0 Å². The van der Waals surface area contributed by atoms with Crippen LogP contribution in [-0.4, -0.2) is 22.8 Å². The van der Waals surface area contributed by atoms with Crippen LogP contribution in [0.15, 0.2) is 28.8 Å². The van der Waals surface area contributed by atoms with Crippen LogP contribution in [0.1, 0.15) is 60.5 Å². The summed E-state index contributed by atoms with van der Waals surface area (Å²) in [4.78, 5) is 4.39. The second kappa shape index (κ2) is 6.42. The van der Waals surface area contributed by atoms with E-state index in [0.29, 0.717) is 18.0 Å².